The summed E-state index contributed by atoms with van der Waals surface area (Å²) in [6.45, 7) is 0. The van der Waals surface area contributed by atoms with Crippen LogP contribution in [0.1, 0.15) is 0 Å². The quantitative estimate of drug-likeness (QED) is 0.170. The third kappa shape index (κ3) is 9.61. The number of nitrogens with zero attached hydrogens (tertiary/aromatic N) is 4. The van der Waals surface area contributed by atoms with E-state index in [0.29, 0.717) is 0 Å². The van der Waals surface area contributed by atoms with Crippen molar-refractivity contribution in [2.24, 2.45) is 0 Å². The van der Waals surface area contributed by atoms with E-state index in [1.54, 1.807) is 24.3 Å². The molecule has 0 unspecified atom stereocenters. The molecule has 4 rings (SSSR count). The van der Waals surface area contributed by atoms with Gasteiger partial charge in [-0.2, -0.15) is 21.0 Å². The third-order valence-corrected chi connectivity index (χ3v) is 11.1. The van der Waals surface area contributed by atoms with Crippen LogP contribution in [0.5, 0.6) is 0 Å². The number of hydrogen-bond donors (Lipinski definition) is 0. The first kappa shape index (κ1) is 36.2. The van der Waals surface area contributed by atoms with E-state index < -0.39 is 7.26 Å². The maximum absolute atomic E-state index is 8.01. The molecule has 0 saturated heterocycles. The molecular weight excluding hydrogens is 659 g/mol. The summed E-state index contributed by atoms with van der Waals surface area (Å²) in [6, 6.07) is 50.2. The third-order valence-electron chi connectivity index (χ3n) is 5.39. The molecule has 0 N–H and O–H groups in total. The molecule has 10 heteroatoms. The summed E-state index contributed by atoms with van der Waals surface area (Å²) in [4.78, 5) is -0.435. The van der Waals surface area contributed by atoms with Crippen molar-refractivity contribution in [3.63, 3.8) is 0 Å². The first-order valence-electron chi connectivity index (χ1n) is 11.7. The fraction of sp³-hybridized carbons (Fsp3) is 0. The van der Waals surface area contributed by atoms with E-state index in [2.05, 4.69) is 172 Å². The molecule has 0 amide bonds. The van der Waals surface area contributed by atoms with E-state index in [1.807, 2.05) is 0 Å². The van der Waals surface area contributed by atoms with Gasteiger partial charge in [-0.15, -0.1) is 19.6 Å². The number of benzene rings is 4. The fourth-order valence-electron chi connectivity index (χ4n) is 3.70. The van der Waals surface area contributed by atoms with Gasteiger partial charge < -0.3 is 50.5 Å². The normalized spacial score (nSPS) is 10.8. The molecular formula is C32H20CoN4PS4-3. The van der Waals surface area contributed by atoms with Crippen molar-refractivity contribution < 1.29 is 16.8 Å². The van der Waals surface area contributed by atoms with Gasteiger partial charge in [0, 0.05) is 16.8 Å². The van der Waals surface area contributed by atoms with Crippen LogP contribution in [0.4, 0.5) is 0 Å². The van der Waals surface area contributed by atoms with Crippen molar-refractivity contribution in [1.82, 2.24) is 0 Å². The molecule has 0 aliphatic rings. The fourth-order valence-corrected chi connectivity index (χ4v) is 8.15. The summed E-state index contributed by atoms with van der Waals surface area (Å²) >= 11 is 17.4. The molecule has 0 aliphatic heterocycles. The van der Waals surface area contributed by atoms with E-state index in [-0.39, 0.29) is 36.4 Å². The van der Waals surface area contributed by atoms with Crippen molar-refractivity contribution in [3.05, 3.63) is 141 Å². The molecule has 0 aromatic heterocycles. The standard InChI is InChI=1S/C24H20P.2C4H2N2S2.Co/c1-5-13-21(14-6-1)25(22-15-7-2-8-16-22,23-17-9-3-10-18-23)24-19-11-4-12-20-24;2*5-1-3(7)4(8)2-6;/h1-20H;2*7-8H;/q+1;;;/p-4/b;2*4-3-;. The Hall–Kier alpha value is -3.86. The van der Waals surface area contributed by atoms with Gasteiger partial charge in [0.15, 0.2) is 0 Å². The smallest absolute Gasteiger partial charge is 0.144 e. The van der Waals surface area contributed by atoms with Crippen LogP contribution < -0.4 is 21.2 Å². The van der Waals surface area contributed by atoms with Crippen molar-refractivity contribution in [2.75, 3.05) is 0 Å². The molecule has 42 heavy (non-hydrogen) atoms. The minimum absolute atomic E-state index is 0. The van der Waals surface area contributed by atoms with E-state index in [4.69, 9.17) is 21.0 Å². The Labute approximate surface area is 280 Å². The zero-order valence-electron chi connectivity index (χ0n) is 21.7. The summed E-state index contributed by atoms with van der Waals surface area (Å²) in [5.74, 6) is 0. The summed E-state index contributed by atoms with van der Waals surface area (Å²) < 4.78 is 0. The molecule has 4 nitrogen and oxygen atoms in total. The van der Waals surface area contributed by atoms with Gasteiger partial charge >= 0.3 is 0 Å². The molecule has 0 heterocycles. The van der Waals surface area contributed by atoms with Crippen LogP contribution in [0, 0.1) is 45.3 Å². The maximum atomic E-state index is 8.01. The van der Waals surface area contributed by atoms with Gasteiger partial charge in [0.1, 0.15) is 28.5 Å². The van der Waals surface area contributed by atoms with E-state index in [1.165, 1.54) is 21.2 Å². The second-order valence-electron chi connectivity index (χ2n) is 7.78. The van der Waals surface area contributed by atoms with Crippen LogP contribution in [0.25, 0.3) is 0 Å². The van der Waals surface area contributed by atoms with E-state index >= 15 is 0 Å². The van der Waals surface area contributed by atoms with Crippen LogP contribution in [-0.4, -0.2) is 0 Å². The van der Waals surface area contributed by atoms with Crippen molar-refractivity contribution in [3.8, 4) is 24.3 Å². The van der Waals surface area contributed by atoms with Crippen LogP contribution in [-0.2, 0) is 67.3 Å². The zero-order chi connectivity index (χ0) is 30.1. The maximum Gasteiger partial charge on any atom is 0.144 e. The Morgan fingerprint density at radius 3 is 0.690 bits per heavy atom. The molecule has 1 radical (unpaired) electrons. The van der Waals surface area contributed by atoms with Gasteiger partial charge in [-0.3, -0.25) is 0 Å². The summed E-state index contributed by atoms with van der Waals surface area (Å²) in [5, 5.41) is 37.6. The van der Waals surface area contributed by atoms with Gasteiger partial charge in [0.2, 0.25) is 0 Å². The number of nitriles is 4. The largest absolute Gasteiger partial charge is 0.770 e. The Morgan fingerprint density at radius 1 is 0.381 bits per heavy atom. The minimum atomic E-state index is -1.91. The number of rotatable bonds is 4. The van der Waals surface area contributed by atoms with Crippen LogP contribution in [0.2, 0.25) is 0 Å². The average Bonchev–Trinajstić information content (AvgIpc) is 3.06. The van der Waals surface area contributed by atoms with Gasteiger partial charge in [0.05, 0.1) is 24.3 Å². The van der Waals surface area contributed by atoms with Gasteiger partial charge in [0.25, 0.3) is 0 Å². The predicted octanol–water partition coefficient (Wildman–Crippen LogP) is 4.98. The molecule has 4 aromatic rings. The zero-order valence-corrected chi connectivity index (χ0v) is 27.0. The molecule has 0 spiro atoms. The van der Waals surface area contributed by atoms with Gasteiger partial charge in [-0.25, -0.2) is 0 Å². The minimum Gasteiger partial charge on any atom is -0.770 e. The Morgan fingerprint density at radius 2 is 0.548 bits per heavy atom. The van der Waals surface area contributed by atoms with Crippen LogP contribution >= 0.6 is 7.26 Å². The van der Waals surface area contributed by atoms with Crippen molar-refractivity contribution in [1.29, 1.82) is 21.0 Å². The van der Waals surface area contributed by atoms with Crippen molar-refractivity contribution in [2.45, 2.75) is 0 Å². The molecule has 0 bridgehead atoms. The van der Waals surface area contributed by atoms with Crippen molar-refractivity contribution >= 4 is 79.0 Å². The van der Waals surface area contributed by atoms with E-state index in [9.17, 15) is 0 Å². The molecule has 0 atom stereocenters. The summed E-state index contributed by atoms with van der Waals surface area (Å²) in [6.07, 6.45) is 0. The first-order chi connectivity index (χ1) is 19.9. The molecule has 209 valence electrons. The van der Waals surface area contributed by atoms with Crippen LogP contribution in [0.15, 0.2) is 141 Å². The second-order valence-corrected chi connectivity index (χ2v) is 12.8. The summed E-state index contributed by atoms with van der Waals surface area (Å²) in [7, 11) is -1.91. The number of hydrogen-bond acceptors (Lipinski definition) is 8. The molecule has 4 aromatic carbocycles. The average molecular weight is 679 g/mol. The molecule has 0 saturated carbocycles. The van der Waals surface area contributed by atoms with Gasteiger partial charge in [-0.05, 0) is 48.5 Å². The predicted molar refractivity (Wildman–Crippen MR) is 177 cm³/mol. The molecule has 0 aliphatic carbocycles. The Balaban J connectivity index is 0.000000432. The summed E-state index contributed by atoms with van der Waals surface area (Å²) in [5.41, 5.74) is 0. The molecule has 0 fully saturated rings. The van der Waals surface area contributed by atoms with E-state index in [0.717, 1.165) is 0 Å². The second kappa shape index (κ2) is 19.3. The van der Waals surface area contributed by atoms with Gasteiger partial charge in [-0.1, -0.05) is 72.8 Å². The monoisotopic (exact) mass is 678 g/mol. The first-order valence-corrected chi connectivity index (χ1v) is 15.2. The number of allylic oxidation sites excluding steroid dienone is 4. The van der Waals surface area contributed by atoms with Crippen LogP contribution in [0.3, 0.4) is 0 Å². The Bertz CT molecular complexity index is 1400. The SMILES string of the molecule is N#C/C([S-])=C(/[S-])C#N.N#C/C([S-])=C(/[S-])C#N.[Co].c1ccc([P+](c2ccccc2)(c2ccccc2)c2ccccc2)cc1. The Kier molecular flexibility index (Phi) is 16.6. The topological polar surface area (TPSA) is 95.2 Å².